The van der Waals surface area contributed by atoms with Crippen molar-refractivity contribution in [2.45, 2.75) is 38.7 Å². The Bertz CT molecular complexity index is 399. The minimum absolute atomic E-state index is 0.176. The molecule has 1 aromatic rings. The third-order valence-corrected chi connectivity index (χ3v) is 3.71. The molecule has 4 nitrogen and oxygen atoms in total. The summed E-state index contributed by atoms with van der Waals surface area (Å²) < 4.78 is 5.67. The lowest BCUT2D eigenvalue weighted by Crippen LogP contribution is -2.31. The summed E-state index contributed by atoms with van der Waals surface area (Å²) in [5.41, 5.74) is 4.23. The van der Waals surface area contributed by atoms with Crippen molar-refractivity contribution in [2.75, 3.05) is 6.61 Å². The van der Waals surface area contributed by atoms with Crippen LogP contribution in [-0.2, 0) is 22.6 Å². The van der Waals surface area contributed by atoms with Crippen molar-refractivity contribution in [3.63, 3.8) is 0 Å². The predicted octanol–water partition coefficient (Wildman–Crippen LogP) is 1.93. The Balaban J connectivity index is 1.67. The molecule has 1 amide bonds. The highest BCUT2D eigenvalue weighted by Crippen LogP contribution is 2.29. The predicted molar refractivity (Wildman–Crippen MR) is 74.1 cm³/mol. The van der Waals surface area contributed by atoms with Crippen LogP contribution in [0.3, 0.4) is 0 Å². The van der Waals surface area contributed by atoms with Crippen LogP contribution in [0, 0.1) is 5.92 Å². The van der Waals surface area contributed by atoms with Crippen molar-refractivity contribution in [3.8, 4) is 0 Å². The molecule has 0 aromatic heterocycles. The Morgan fingerprint density at radius 2 is 1.95 bits per heavy atom. The maximum absolute atomic E-state index is 11.1. The molecule has 1 aliphatic rings. The quantitative estimate of drug-likeness (QED) is 0.341. The van der Waals surface area contributed by atoms with Crippen molar-refractivity contribution < 1.29 is 9.53 Å². The number of hydrazine groups is 1. The van der Waals surface area contributed by atoms with E-state index in [9.17, 15) is 4.79 Å². The molecule has 0 unspecified atom stereocenters. The first kappa shape index (κ1) is 14.0. The fraction of sp³-hybridized carbons (Fsp3) is 0.533. The number of ether oxygens (including phenoxy) is 1. The van der Waals surface area contributed by atoms with E-state index in [0.29, 0.717) is 13.0 Å². The van der Waals surface area contributed by atoms with Gasteiger partial charge in [-0.2, -0.15) is 0 Å². The van der Waals surface area contributed by atoms with E-state index in [1.165, 1.54) is 25.7 Å². The summed E-state index contributed by atoms with van der Waals surface area (Å²) in [5, 5.41) is 0. The number of nitrogens with two attached hydrogens (primary N) is 1. The minimum atomic E-state index is -0.176. The number of carbonyl (C=O) groups excluding carboxylic acids is 1. The molecule has 0 spiro atoms. The smallest absolute Gasteiger partial charge is 0.238 e. The summed E-state index contributed by atoms with van der Waals surface area (Å²) in [4.78, 5) is 11.1. The number of benzene rings is 1. The van der Waals surface area contributed by atoms with Crippen LogP contribution in [0.25, 0.3) is 0 Å². The van der Waals surface area contributed by atoms with Gasteiger partial charge in [0, 0.05) is 6.61 Å². The van der Waals surface area contributed by atoms with Gasteiger partial charge in [-0.05, 0) is 23.5 Å². The second-order valence-corrected chi connectivity index (χ2v) is 5.20. The number of hydrogen-bond acceptors (Lipinski definition) is 3. The van der Waals surface area contributed by atoms with Gasteiger partial charge in [0.05, 0.1) is 13.0 Å². The molecular weight excluding hydrogens is 240 g/mol. The summed E-state index contributed by atoms with van der Waals surface area (Å²) in [6, 6.07) is 7.89. The molecule has 0 atom stereocenters. The van der Waals surface area contributed by atoms with Crippen LogP contribution in [0.1, 0.15) is 36.8 Å². The molecular formula is C15H22N2O2. The van der Waals surface area contributed by atoms with Gasteiger partial charge in [-0.15, -0.1) is 0 Å². The van der Waals surface area contributed by atoms with E-state index in [1.807, 2.05) is 24.3 Å². The number of carbonyl (C=O) groups is 1. The van der Waals surface area contributed by atoms with E-state index < -0.39 is 0 Å². The zero-order chi connectivity index (χ0) is 13.5. The summed E-state index contributed by atoms with van der Waals surface area (Å²) in [5.74, 6) is 5.78. The Labute approximate surface area is 114 Å². The summed E-state index contributed by atoms with van der Waals surface area (Å²) in [7, 11) is 0. The maximum atomic E-state index is 11.1. The van der Waals surface area contributed by atoms with Crippen LogP contribution in [0.4, 0.5) is 0 Å². The van der Waals surface area contributed by atoms with Gasteiger partial charge in [-0.25, -0.2) is 5.84 Å². The van der Waals surface area contributed by atoms with Crippen LogP contribution in [-0.4, -0.2) is 12.5 Å². The van der Waals surface area contributed by atoms with Crippen molar-refractivity contribution in [1.82, 2.24) is 5.43 Å². The molecule has 1 aliphatic carbocycles. The molecule has 0 bridgehead atoms. The van der Waals surface area contributed by atoms with Gasteiger partial charge in [0.25, 0.3) is 0 Å². The van der Waals surface area contributed by atoms with Crippen molar-refractivity contribution in [2.24, 2.45) is 11.8 Å². The molecule has 1 aromatic carbocycles. The average Bonchev–Trinajstić information content (AvgIpc) is 2.38. The van der Waals surface area contributed by atoms with Gasteiger partial charge in [0.15, 0.2) is 0 Å². The molecule has 1 saturated carbocycles. The zero-order valence-electron chi connectivity index (χ0n) is 11.2. The highest BCUT2D eigenvalue weighted by atomic mass is 16.5. The summed E-state index contributed by atoms with van der Waals surface area (Å²) in [6.07, 6.45) is 5.65. The molecule has 1 fully saturated rings. The van der Waals surface area contributed by atoms with Gasteiger partial charge in [-0.1, -0.05) is 43.5 Å². The average molecular weight is 262 g/mol. The molecule has 2 rings (SSSR count). The van der Waals surface area contributed by atoms with Crippen molar-refractivity contribution in [1.29, 1.82) is 0 Å². The van der Waals surface area contributed by atoms with E-state index in [2.05, 4.69) is 5.43 Å². The van der Waals surface area contributed by atoms with E-state index in [-0.39, 0.29) is 5.91 Å². The van der Waals surface area contributed by atoms with Crippen molar-refractivity contribution >= 4 is 5.91 Å². The Kier molecular flexibility index (Phi) is 5.36. The first-order valence-electron chi connectivity index (χ1n) is 6.93. The maximum Gasteiger partial charge on any atom is 0.238 e. The minimum Gasteiger partial charge on any atom is -0.377 e. The van der Waals surface area contributed by atoms with Gasteiger partial charge in [-0.3, -0.25) is 10.2 Å². The van der Waals surface area contributed by atoms with Crippen LogP contribution >= 0.6 is 0 Å². The fourth-order valence-corrected chi connectivity index (χ4v) is 2.21. The normalized spacial score (nSPS) is 15.0. The Morgan fingerprint density at radius 1 is 1.26 bits per heavy atom. The van der Waals surface area contributed by atoms with E-state index in [4.69, 9.17) is 10.6 Å². The largest absolute Gasteiger partial charge is 0.377 e. The molecule has 0 heterocycles. The van der Waals surface area contributed by atoms with Crippen LogP contribution in [0.2, 0.25) is 0 Å². The number of rotatable bonds is 7. The Morgan fingerprint density at radius 3 is 2.53 bits per heavy atom. The molecule has 0 radical (unpaired) electrons. The third-order valence-electron chi connectivity index (χ3n) is 3.71. The van der Waals surface area contributed by atoms with Gasteiger partial charge < -0.3 is 4.74 Å². The van der Waals surface area contributed by atoms with E-state index >= 15 is 0 Å². The van der Waals surface area contributed by atoms with Gasteiger partial charge >= 0.3 is 0 Å². The lowest BCUT2D eigenvalue weighted by molar-refractivity contribution is -0.120. The van der Waals surface area contributed by atoms with Crippen LogP contribution < -0.4 is 11.3 Å². The summed E-state index contributed by atoms with van der Waals surface area (Å²) >= 11 is 0. The highest BCUT2D eigenvalue weighted by Gasteiger charge is 2.16. The monoisotopic (exact) mass is 262 g/mol. The molecule has 0 aliphatic heterocycles. The van der Waals surface area contributed by atoms with Crippen LogP contribution in [0.15, 0.2) is 24.3 Å². The molecule has 0 saturated heterocycles. The zero-order valence-corrected chi connectivity index (χ0v) is 11.2. The number of nitrogens with one attached hydrogen (secondary N) is 1. The Hall–Kier alpha value is -1.39. The molecule has 104 valence electrons. The lowest BCUT2D eigenvalue weighted by atomic mass is 9.83. The number of amides is 1. The third kappa shape index (κ3) is 4.65. The van der Waals surface area contributed by atoms with Gasteiger partial charge in [0.1, 0.15) is 0 Å². The molecule has 4 heteroatoms. The topological polar surface area (TPSA) is 64.3 Å². The van der Waals surface area contributed by atoms with Gasteiger partial charge in [0.2, 0.25) is 5.91 Å². The lowest BCUT2D eigenvalue weighted by Gasteiger charge is -2.24. The first-order chi connectivity index (χ1) is 9.28. The van der Waals surface area contributed by atoms with Crippen LogP contribution in [0.5, 0.6) is 0 Å². The second kappa shape index (κ2) is 7.26. The molecule has 19 heavy (non-hydrogen) atoms. The highest BCUT2D eigenvalue weighted by molar-refractivity contribution is 5.77. The fourth-order valence-electron chi connectivity index (χ4n) is 2.21. The summed E-state index contributed by atoms with van der Waals surface area (Å²) in [6.45, 7) is 1.50. The second-order valence-electron chi connectivity index (χ2n) is 5.20. The van der Waals surface area contributed by atoms with Crippen molar-refractivity contribution in [3.05, 3.63) is 35.4 Å². The molecule has 3 N–H and O–H groups in total. The first-order valence-corrected chi connectivity index (χ1v) is 6.93. The number of hydrogen-bond donors (Lipinski definition) is 2. The van der Waals surface area contributed by atoms with E-state index in [0.717, 1.165) is 23.7 Å². The SMILES string of the molecule is NNC(=O)Cc1ccc(COCCC2CCC2)cc1. The van der Waals surface area contributed by atoms with E-state index in [1.54, 1.807) is 0 Å². The standard InChI is InChI=1S/C15H22N2O2/c16-17-15(18)10-13-4-6-14(7-5-13)11-19-9-8-12-2-1-3-12/h4-7,12H,1-3,8-11,16H2,(H,17,18).